The van der Waals surface area contributed by atoms with Crippen molar-refractivity contribution >= 4 is 23.7 Å². The molecule has 1 fully saturated rings. The van der Waals surface area contributed by atoms with E-state index in [0.29, 0.717) is 5.56 Å². The van der Waals surface area contributed by atoms with Crippen molar-refractivity contribution in [3.63, 3.8) is 0 Å². The highest BCUT2D eigenvalue weighted by Gasteiger charge is 2.42. The van der Waals surface area contributed by atoms with Crippen LogP contribution in [0.4, 0.5) is 13.2 Å². The summed E-state index contributed by atoms with van der Waals surface area (Å²) in [6.45, 7) is 0. The molecule has 25 heavy (non-hydrogen) atoms. The van der Waals surface area contributed by atoms with Crippen molar-refractivity contribution in [2.45, 2.75) is 31.5 Å². The molecule has 0 bridgehead atoms. The van der Waals surface area contributed by atoms with Gasteiger partial charge in [-0.25, -0.2) is 4.79 Å². The summed E-state index contributed by atoms with van der Waals surface area (Å²) >= 11 is 0. The third-order valence-corrected chi connectivity index (χ3v) is 3.32. The van der Waals surface area contributed by atoms with Crippen LogP contribution in [0.25, 0.3) is 0 Å². The first kappa shape index (κ1) is 18.4. The van der Waals surface area contributed by atoms with Crippen molar-refractivity contribution in [1.82, 2.24) is 10.4 Å². The summed E-state index contributed by atoms with van der Waals surface area (Å²) in [5, 5.41) is 1.73. The maximum atomic E-state index is 12.5. The van der Waals surface area contributed by atoms with E-state index in [9.17, 15) is 32.3 Å². The number of halogens is 3. The number of imide groups is 1. The van der Waals surface area contributed by atoms with Gasteiger partial charge in [0.05, 0.1) is 0 Å². The molecule has 0 aromatic heterocycles. The molecular weight excluding hydrogens is 345 g/mol. The average molecular weight is 358 g/mol. The maximum absolute atomic E-state index is 12.5. The molecule has 10 heteroatoms. The zero-order chi connectivity index (χ0) is 18.6. The summed E-state index contributed by atoms with van der Waals surface area (Å²) in [5.74, 6) is -5.23. The Balaban J connectivity index is 2.14. The number of alkyl halides is 3. The number of rotatable bonds is 5. The van der Waals surface area contributed by atoms with E-state index in [0.717, 1.165) is 0 Å². The van der Waals surface area contributed by atoms with Gasteiger partial charge in [0, 0.05) is 19.3 Å². The van der Waals surface area contributed by atoms with Gasteiger partial charge in [-0.2, -0.15) is 13.2 Å². The van der Waals surface area contributed by atoms with Crippen molar-refractivity contribution in [2.24, 2.45) is 0 Å². The van der Waals surface area contributed by atoms with Crippen LogP contribution in [0.15, 0.2) is 30.3 Å². The van der Waals surface area contributed by atoms with E-state index >= 15 is 0 Å². The van der Waals surface area contributed by atoms with E-state index in [2.05, 4.69) is 4.84 Å². The Labute approximate surface area is 139 Å². The lowest BCUT2D eigenvalue weighted by Crippen LogP contribution is -2.50. The van der Waals surface area contributed by atoms with Gasteiger partial charge < -0.3 is 10.2 Å². The normalized spacial score (nSPS) is 15.9. The van der Waals surface area contributed by atoms with Crippen molar-refractivity contribution in [3.05, 3.63) is 35.9 Å². The molecule has 1 aromatic rings. The maximum Gasteiger partial charge on any atom is 0.471 e. The summed E-state index contributed by atoms with van der Waals surface area (Å²) in [4.78, 5) is 50.7. The summed E-state index contributed by atoms with van der Waals surface area (Å²) in [5.41, 5.74) is 0.450. The predicted octanol–water partition coefficient (Wildman–Crippen LogP) is 0.883. The molecule has 1 aromatic carbocycles. The molecule has 1 aliphatic rings. The predicted molar refractivity (Wildman–Crippen MR) is 75.3 cm³/mol. The smallest absolute Gasteiger partial charge is 0.334 e. The van der Waals surface area contributed by atoms with Gasteiger partial charge in [0.1, 0.15) is 6.04 Å². The molecule has 1 aliphatic heterocycles. The van der Waals surface area contributed by atoms with E-state index in [1.165, 1.54) is 17.4 Å². The lowest BCUT2D eigenvalue weighted by molar-refractivity contribution is -0.200. The molecule has 1 heterocycles. The van der Waals surface area contributed by atoms with E-state index in [1.54, 1.807) is 18.2 Å². The van der Waals surface area contributed by atoms with Crippen LogP contribution in [-0.2, 0) is 30.4 Å². The summed E-state index contributed by atoms with van der Waals surface area (Å²) < 4.78 is 37.4. The average Bonchev–Trinajstić information content (AvgIpc) is 2.86. The van der Waals surface area contributed by atoms with Gasteiger partial charge in [-0.15, -0.1) is 5.06 Å². The number of amides is 3. The highest BCUT2D eigenvalue weighted by molar-refractivity contribution is 6.02. The highest BCUT2D eigenvalue weighted by atomic mass is 19.4. The van der Waals surface area contributed by atoms with Gasteiger partial charge in [-0.1, -0.05) is 30.3 Å². The van der Waals surface area contributed by atoms with Crippen LogP contribution >= 0.6 is 0 Å². The van der Waals surface area contributed by atoms with Crippen molar-refractivity contribution < 1.29 is 37.2 Å². The molecule has 0 unspecified atom stereocenters. The van der Waals surface area contributed by atoms with Gasteiger partial charge in [0.15, 0.2) is 0 Å². The van der Waals surface area contributed by atoms with Crippen LogP contribution in [0.3, 0.4) is 0 Å². The van der Waals surface area contributed by atoms with Crippen LogP contribution in [-0.4, -0.2) is 41.0 Å². The molecule has 7 nitrogen and oxygen atoms in total. The number of benzene rings is 1. The molecular formula is C15H13F3N2O5. The Hall–Kier alpha value is -2.91. The van der Waals surface area contributed by atoms with E-state index in [-0.39, 0.29) is 24.3 Å². The highest BCUT2D eigenvalue weighted by Crippen LogP contribution is 2.17. The van der Waals surface area contributed by atoms with Crippen molar-refractivity contribution in [1.29, 1.82) is 0 Å². The third kappa shape index (κ3) is 4.78. The third-order valence-electron chi connectivity index (χ3n) is 3.32. The minimum Gasteiger partial charge on any atom is -0.334 e. The van der Waals surface area contributed by atoms with E-state index < -0.39 is 35.9 Å². The standard InChI is InChI=1S/C15H13F3N2O5/c16-15(17,18)14(24)19-10(8-9-4-2-1-3-5-9)13(23)25-20-11(21)6-7-12(20)22/h1-5,10H,6-8H2,(H,19,24)/t10-/m1/s1. The monoisotopic (exact) mass is 358 g/mol. The topological polar surface area (TPSA) is 92.8 Å². The Morgan fingerprint density at radius 1 is 1.12 bits per heavy atom. The number of hydrogen-bond donors (Lipinski definition) is 1. The van der Waals surface area contributed by atoms with Crippen LogP contribution in [0.5, 0.6) is 0 Å². The van der Waals surface area contributed by atoms with Gasteiger partial charge in [0.25, 0.3) is 11.8 Å². The van der Waals surface area contributed by atoms with Gasteiger partial charge >= 0.3 is 18.1 Å². The van der Waals surface area contributed by atoms with E-state index in [4.69, 9.17) is 0 Å². The Morgan fingerprint density at radius 3 is 2.20 bits per heavy atom. The Morgan fingerprint density at radius 2 is 1.68 bits per heavy atom. The molecule has 0 spiro atoms. The first-order valence-corrected chi connectivity index (χ1v) is 7.17. The summed E-state index contributed by atoms with van der Waals surface area (Å²) in [6.07, 6.45) is -5.83. The number of carbonyl (C=O) groups is 4. The molecule has 0 aliphatic carbocycles. The van der Waals surface area contributed by atoms with Crippen LogP contribution in [0.2, 0.25) is 0 Å². The zero-order valence-electron chi connectivity index (χ0n) is 12.7. The zero-order valence-corrected chi connectivity index (χ0v) is 12.7. The van der Waals surface area contributed by atoms with Crippen LogP contribution < -0.4 is 5.32 Å². The molecule has 0 radical (unpaired) electrons. The lowest BCUT2D eigenvalue weighted by atomic mass is 10.1. The number of nitrogens with zero attached hydrogens (tertiary/aromatic N) is 1. The SMILES string of the molecule is O=C(ON1C(=O)CCC1=O)[C@@H](Cc1ccccc1)NC(=O)C(F)(F)F. The van der Waals surface area contributed by atoms with Crippen LogP contribution in [0, 0.1) is 0 Å². The molecule has 0 saturated carbocycles. The van der Waals surface area contributed by atoms with Gasteiger partial charge in [-0.3, -0.25) is 14.4 Å². The van der Waals surface area contributed by atoms with E-state index in [1.807, 2.05) is 0 Å². The number of carbonyl (C=O) groups excluding carboxylic acids is 4. The van der Waals surface area contributed by atoms with Crippen molar-refractivity contribution in [2.75, 3.05) is 0 Å². The molecule has 3 amide bonds. The fourth-order valence-corrected chi connectivity index (χ4v) is 2.09. The fourth-order valence-electron chi connectivity index (χ4n) is 2.09. The largest absolute Gasteiger partial charge is 0.471 e. The summed E-state index contributed by atoms with van der Waals surface area (Å²) in [7, 11) is 0. The minimum absolute atomic E-state index is 0.162. The molecule has 1 saturated heterocycles. The fraction of sp³-hybridized carbons (Fsp3) is 0.333. The lowest BCUT2D eigenvalue weighted by Gasteiger charge is -2.20. The molecule has 134 valence electrons. The number of hydroxylamine groups is 2. The first-order valence-electron chi connectivity index (χ1n) is 7.17. The number of hydrogen-bond acceptors (Lipinski definition) is 5. The molecule has 1 N–H and O–H groups in total. The number of nitrogens with one attached hydrogen (secondary N) is 1. The summed E-state index contributed by atoms with van der Waals surface area (Å²) in [6, 6.07) is 6.19. The molecule has 1 atom stereocenters. The second kappa shape index (κ2) is 7.32. The van der Waals surface area contributed by atoms with Crippen LogP contribution in [0.1, 0.15) is 18.4 Å². The van der Waals surface area contributed by atoms with Gasteiger partial charge in [0.2, 0.25) is 0 Å². The first-order chi connectivity index (χ1) is 11.7. The Bertz CT molecular complexity index is 674. The second-order valence-electron chi connectivity index (χ2n) is 5.21. The minimum atomic E-state index is -5.20. The van der Waals surface area contributed by atoms with Crippen molar-refractivity contribution in [3.8, 4) is 0 Å². The second-order valence-corrected chi connectivity index (χ2v) is 5.21. The Kier molecular flexibility index (Phi) is 5.40. The quantitative estimate of drug-likeness (QED) is 0.789. The molecule has 2 rings (SSSR count). The van der Waals surface area contributed by atoms with Gasteiger partial charge in [-0.05, 0) is 5.56 Å².